The highest BCUT2D eigenvalue weighted by molar-refractivity contribution is 5.99. The third-order valence-corrected chi connectivity index (χ3v) is 10.5. The third-order valence-electron chi connectivity index (χ3n) is 10.5. The number of nitrogens with zero attached hydrogens (tertiary/aromatic N) is 2. The lowest BCUT2D eigenvalue weighted by atomic mass is 9.77. The lowest BCUT2D eigenvalue weighted by Gasteiger charge is -2.40. The van der Waals surface area contributed by atoms with Crippen LogP contribution in [-0.4, -0.2) is 87.6 Å². The first-order valence-corrected chi connectivity index (χ1v) is 17.5. The molecule has 0 bridgehead atoms. The van der Waals surface area contributed by atoms with Crippen LogP contribution in [-0.2, 0) is 35.1 Å². The van der Waals surface area contributed by atoms with Crippen LogP contribution in [0.5, 0.6) is 0 Å². The van der Waals surface area contributed by atoms with Crippen LogP contribution in [0.2, 0.25) is 0 Å². The molecule has 1 unspecified atom stereocenters. The number of nitrogens with one attached hydrogen (secondary N) is 1. The number of allylic oxidation sites excluding steroid dienone is 1. The van der Waals surface area contributed by atoms with Crippen molar-refractivity contribution >= 4 is 23.7 Å². The van der Waals surface area contributed by atoms with Crippen molar-refractivity contribution in [3.8, 4) is 0 Å². The summed E-state index contributed by atoms with van der Waals surface area (Å²) in [4.78, 5) is 60.4. The van der Waals surface area contributed by atoms with E-state index in [2.05, 4.69) is 12.2 Å². The molecule has 3 amide bonds. The van der Waals surface area contributed by atoms with Gasteiger partial charge in [0.1, 0.15) is 23.7 Å². The van der Waals surface area contributed by atoms with Gasteiger partial charge in [-0.1, -0.05) is 98.3 Å². The smallest absolute Gasteiger partial charge is 0.313 e. The Morgan fingerprint density at radius 3 is 2.41 bits per heavy atom. The molecular formula is C39H47N3O7. The van der Waals surface area contributed by atoms with Crippen molar-refractivity contribution in [1.82, 2.24) is 15.1 Å². The number of aliphatic hydroxyl groups is 1. The number of cyclic esters (lactones) is 1. The van der Waals surface area contributed by atoms with Crippen LogP contribution >= 0.6 is 0 Å². The summed E-state index contributed by atoms with van der Waals surface area (Å²) >= 11 is 0. The predicted molar refractivity (Wildman–Crippen MR) is 183 cm³/mol. The monoisotopic (exact) mass is 669 g/mol. The number of ether oxygens (including phenoxy) is 2. The number of rotatable bonds is 8. The molecule has 0 saturated carbocycles. The Morgan fingerprint density at radius 1 is 1.00 bits per heavy atom. The van der Waals surface area contributed by atoms with Gasteiger partial charge in [-0.15, -0.1) is 0 Å². The summed E-state index contributed by atoms with van der Waals surface area (Å²) in [6.45, 7) is 5.81. The number of hydrogen-bond donors (Lipinski definition) is 2. The molecule has 2 fully saturated rings. The minimum absolute atomic E-state index is 0.104. The Labute approximate surface area is 288 Å². The van der Waals surface area contributed by atoms with Gasteiger partial charge in [0.2, 0.25) is 17.7 Å². The zero-order chi connectivity index (χ0) is 34.7. The summed E-state index contributed by atoms with van der Waals surface area (Å²) in [5.74, 6) is -3.69. The topological polar surface area (TPSA) is 125 Å². The molecule has 0 aromatic heterocycles. The Morgan fingerprint density at radius 2 is 1.71 bits per heavy atom. The van der Waals surface area contributed by atoms with Crippen molar-refractivity contribution in [2.45, 2.75) is 94.9 Å². The lowest BCUT2D eigenvalue weighted by molar-refractivity contribution is -0.162. The molecule has 4 heterocycles. The van der Waals surface area contributed by atoms with E-state index in [1.165, 1.54) is 4.90 Å². The standard InChI is InChI=1S/C39H47N3O7/c1-4-14-25(2)41-22-13-21-39-33(36(45)42(35(39)37(41)46)29(24-43)23-27-15-7-5-8-16-27)32-30(49-39)19-11-12-20-31(44)40-26(3)34(48-38(32)47)28-17-9-6-10-18-28/h5-11,13,15-19,21,25-26,29-30,32-35,43H,4,12,14,20,22-24H2,1-3H3,(H,40,44)/b19-11-/t25?,26-,29-,30-,32+,33+,34+,35-,39+/m1/s1. The number of aliphatic hydroxyl groups excluding tert-OH is 1. The van der Waals surface area contributed by atoms with E-state index in [1.54, 1.807) is 24.0 Å². The van der Waals surface area contributed by atoms with Crippen molar-refractivity contribution in [2.24, 2.45) is 11.8 Å². The molecule has 2 aromatic rings. The molecule has 260 valence electrons. The molecule has 2 aromatic carbocycles. The van der Waals surface area contributed by atoms with Crippen LogP contribution in [0.25, 0.3) is 0 Å². The van der Waals surface area contributed by atoms with Gasteiger partial charge >= 0.3 is 5.97 Å². The fourth-order valence-corrected chi connectivity index (χ4v) is 8.16. The van der Waals surface area contributed by atoms with E-state index in [0.29, 0.717) is 24.9 Å². The number of carbonyl (C=O) groups is 4. The number of likely N-dealkylation sites (tertiary alicyclic amines) is 1. The van der Waals surface area contributed by atoms with Crippen molar-refractivity contribution in [1.29, 1.82) is 0 Å². The van der Waals surface area contributed by atoms with Gasteiger partial charge in [-0.3, -0.25) is 19.2 Å². The maximum absolute atomic E-state index is 15.0. The normalized spacial score (nSPS) is 32.1. The van der Waals surface area contributed by atoms with E-state index in [0.717, 1.165) is 18.4 Å². The molecule has 2 N–H and O–H groups in total. The van der Waals surface area contributed by atoms with E-state index >= 15 is 0 Å². The average Bonchev–Trinajstić information content (AvgIpc) is 3.49. The molecule has 4 aliphatic heterocycles. The highest BCUT2D eigenvalue weighted by Gasteiger charge is 2.72. The largest absolute Gasteiger partial charge is 0.455 e. The zero-order valence-corrected chi connectivity index (χ0v) is 28.4. The quantitative estimate of drug-likeness (QED) is 0.323. The fourth-order valence-electron chi connectivity index (χ4n) is 8.16. The molecule has 10 heteroatoms. The summed E-state index contributed by atoms with van der Waals surface area (Å²) in [5.41, 5.74) is 0.119. The van der Waals surface area contributed by atoms with Crippen LogP contribution in [0.3, 0.4) is 0 Å². The Kier molecular flexibility index (Phi) is 10.4. The number of esters is 1. The number of fused-ring (bicyclic) bond motifs is 2. The van der Waals surface area contributed by atoms with E-state index in [-0.39, 0.29) is 30.9 Å². The molecule has 1 spiro atoms. The second-order valence-corrected chi connectivity index (χ2v) is 13.7. The van der Waals surface area contributed by atoms with Crippen LogP contribution in [0.15, 0.2) is 85.0 Å². The summed E-state index contributed by atoms with van der Waals surface area (Å²) in [6, 6.07) is 16.2. The second-order valence-electron chi connectivity index (χ2n) is 13.7. The first-order chi connectivity index (χ1) is 23.7. The summed E-state index contributed by atoms with van der Waals surface area (Å²) in [6.07, 6.45) is 8.07. The zero-order valence-electron chi connectivity index (χ0n) is 28.4. The molecule has 0 radical (unpaired) electrons. The van der Waals surface area contributed by atoms with E-state index in [1.807, 2.05) is 79.7 Å². The van der Waals surface area contributed by atoms with E-state index in [9.17, 15) is 24.3 Å². The van der Waals surface area contributed by atoms with E-state index in [4.69, 9.17) is 9.47 Å². The molecule has 49 heavy (non-hydrogen) atoms. The first kappa shape index (κ1) is 34.6. The van der Waals surface area contributed by atoms with Gasteiger partial charge in [0.05, 0.1) is 30.7 Å². The predicted octanol–water partition coefficient (Wildman–Crippen LogP) is 3.90. The van der Waals surface area contributed by atoms with Crippen LogP contribution < -0.4 is 5.32 Å². The van der Waals surface area contributed by atoms with Crippen LogP contribution in [0.4, 0.5) is 0 Å². The maximum atomic E-state index is 15.0. The molecule has 6 rings (SSSR count). The first-order valence-electron chi connectivity index (χ1n) is 17.5. The average molecular weight is 670 g/mol. The highest BCUT2D eigenvalue weighted by Crippen LogP contribution is 2.54. The van der Waals surface area contributed by atoms with Gasteiger partial charge in [0.15, 0.2) is 0 Å². The Bertz CT molecular complexity index is 1580. The van der Waals surface area contributed by atoms with Crippen LogP contribution in [0.1, 0.15) is 63.7 Å². The number of benzene rings is 2. The second kappa shape index (κ2) is 14.7. The van der Waals surface area contributed by atoms with Gasteiger partial charge in [-0.05, 0) is 44.2 Å². The van der Waals surface area contributed by atoms with Crippen molar-refractivity contribution in [3.05, 3.63) is 96.1 Å². The summed E-state index contributed by atoms with van der Waals surface area (Å²) in [5, 5.41) is 13.8. The molecule has 0 aliphatic carbocycles. The number of hydrogen-bond acceptors (Lipinski definition) is 7. The van der Waals surface area contributed by atoms with Gasteiger partial charge < -0.3 is 29.7 Å². The summed E-state index contributed by atoms with van der Waals surface area (Å²) < 4.78 is 13.1. The highest BCUT2D eigenvalue weighted by atomic mass is 16.6. The van der Waals surface area contributed by atoms with Crippen molar-refractivity contribution in [3.63, 3.8) is 0 Å². The molecular weight excluding hydrogens is 622 g/mol. The summed E-state index contributed by atoms with van der Waals surface area (Å²) in [7, 11) is 0. The van der Waals surface area contributed by atoms with Crippen molar-refractivity contribution < 1.29 is 33.8 Å². The Hall–Kier alpha value is -4.28. The molecule has 9 atom stereocenters. The SMILES string of the molecule is CCCC(C)N1CC=C[C@]23O[C@@H]4/C=C\CCC(=O)N[C@H](C)[C@@H](c5ccccc5)OC(=O)[C@@H]4[C@H]2C(=O)N([C@@H](CO)Cc2ccccc2)[C@@H]3C1=O. The van der Waals surface area contributed by atoms with Gasteiger partial charge in [-0.25, -0.2) is 0 Å². The molecule has 2 saturated heterocycles. The van der Waals surface area contributed by atoms with E-state index < -0.39 is 59.6 Å². The number of carbonyl (C=O) groups excluding carboxylic acids is 4. The third kappa shape index (κ3) is 6.56. The molecule has 4 aliphatic rings. The number of amides is 3. The molecule has 10 nitrogen and oxygen atoms in total. The lowest BCUT2D eigenvalue weighted by Crippen LogP contribution is -2.59. The van der Waals surface area contributed by atoms with Gasteiger partial charge in [-0.2, -0.15) is 0 Å². The van der Waals surface area contributed by atoms with Gasteiger partial charge in [0.25, 0.3) is 0 Å². The maximum Gasteiger partial charge on any atom is 0.313 e. The fraction of sp³-hybridized carbons (Fsp3) is 0.487. The van der Waals surface area contributed by atoms with Gasteiger partial charge in [0, 0.05) is 19.0 Å². The minimum atomic E-state index is -1.49. The van der Waals surface area contributed by atoms with Crippen LogP contribution in [0, 0.1) is 11.8 Å². The minimum Gasteiger partial charge on any atom is -0.455 e. The van der Waals surface area contributed by atoms with Crippen molar-refractivity contribution in [2.75, 3.05) is 13.2 Å². The Balaban J connectivity index is 1.46.